The smallest absolute Gasteiger partial charge is 0.161 e. The highest BCUT2D eigenvalue weighted by Crippen LogP contribution is 2.29. The van der Waals surface area contributed by atoms with Gasteiger partial charge in [-0.3, -0.25) is 0 Å². The third-order valence-electron chi connectivity index (χ3n) is 2.30. The molecule has 2 rings (SSSR count). The second kappa shape index (κ2) is 4.97. The predicted molar refractivity (Wildman–Crippen MR) is 65.6 cm³/mol. The molecule has 0 unspecified atom stereocenters. The summed E-state index contributed by atoms with van der Waals surface area (Å²) in [6.07, 6.45) is 0. The number of benzene rings is 2. The molecule has 0 radical (unpaired) electrons. The summed E-state index contributed by atoms with van der Waals surface area (Å²) in [6.45, 7) is 0.309. The van der Waals surface area contributed by atoms with E-state index in [2.05, 4.69) is 0 Å². The van der Waals surface area contributed by atoms with E-state index in [1.807, 2.05) is 18.2 Å². The minimum absolute atomic E-state index is 0.171. The van der Waals surface area contributed by atoms with Crippen LogP contribution in [0.2, 0.25) is 5.02 Å². The second-order valence-corrected chi connectivity index (χ2v) is 3.94. The van der Waals surface area contributed by atoms with E-state index < -0.39 is 0 Å². The monoisotopic (exact) mass is 250 g/mol. The van der Waals surface area contributed by atoms with Crippen LogP contribution in [-0.2, 0) is 6.61 Å². The summed E-state index contributed by atoms with van der Waals surface area (Å²) in [5.74, 6) is 0.0944. The molecule has 0 bridgehead atoms. The highest BCUT2D eigenvalue weighted by atomic mass is 35.5. The van der Waals surface area contributed by atoms with Gasteiger partial charge < -0.3 is 14.9 Å². The summed E-state index contributed by atoms with van der Waals surface area (Å²) < 4.78 is 5.45. The zero-order chi connectivity index (χ0) is 12.3. The number of rotatable bonds is 3. The van der Waals surface area contributed by atoms with Crippen molar-refractivity contribution in [2.45, 2.75) is 6.61 Å². The largest absolute Gasteiger partial charge is 0.504 e. The quantitative estimate of drug-likeness (QED) is 0.822. The Morgan fingerprint density at radius 2 is 1.76 bits per heavy atom. The summed E-state index contributed by atoms with van der Waals surface area (Å²) in [7, 11) is 0. The van der Waals surface area contributed by atoms with Crippen LogP contribution in [0.15, 0.2) is 42.5 Å². The molecule has 0 amide bonds. The van der Waals surface area contributed by atoms with Crippen LogP contribution in [-0.4, -0.2) is 10.2 Å². The van der Waals surface area contributed by atoms with Crippen molar-refractivity contribution in [3.8, 4) is 17.2 Å². The van der Waals surface area contributed by atoms with Crippen LogP contribution in [0.25, 0.3) is 0 Å². The van der Waals surface area contributed by atoms with Crippen LogP contribution in [0.5, 0.6) is 17.2 Å². The first-order valence-corrected chi connectivity index (χ1v) is 5.43. The van der Waals surface area contributed by atoms with Crippen LogP contribution in [0, 0.1) is 0 Å². The van der Waals surface area contributed by atoms with Crippen molar-refractivity contribution in [1.82, 2.24) is 0 Å². The van der Waals surface area contributed by atoms with Crippen molar-refractivity contribution in [2.24, 2.45) is 0 Å². The van der Waals surface area contributed by atoms with E-state index in [0.29, 0.717) is 17.4 Å². The van der Waals surface area contributed by atoms with Gasteiger partial charge >= 0.3 is 0 Å². The number of hydrogen-bond donors (Lipinski definition) is 2. The normalized spacial score (nSPS) is 10.2. The molecule has 0 aliphatic rings. The fourth-order valence-electron chi connectivity index (χ4n) is 1.37. The Balaban J connectivity index is 2.08. The number of hydrogen-bond acceptors (Lipinski definition) is 3. The number of aromatic hydroxyl groups is 2. The third-order valence-corrected chi connectivity index (χ3v) is 2.67. The minimum Gasteiger partial charge on any atom is -0.504 e. The Bertz CT molecular complexity index is 526. The van der Waals surface area contributed by atoms with Gasteiger partial charge in [0, 0.05) is 16.7 Å². The SMILES string of the molecule is Oc1ccc(OCc2ccccc2Cl)cc1O. The summed E-state index contributed by atoms with van der Waals surface area (Å²) in [5, 5.41) is 19.1. The number of phenols is 2. The average molecular weight is 251 g/mol. The lowest BCUT2D eigenvalue weighted by Gasteiger charge is -2.08. The Labute approximate surface area is 104 Å². The lowest BCUT2D eigenvalue weighted by molar-refractivity contribution is 0.303. The third kappa shape index (κ3) is 2.82. The highest BCUT2D eigenvalue weighted by Gasteiger charge is 2.03. The summed E-state index contributed by atoms with van der Waals surface area (Å²) in [5.41, 5.74) is 0.863. The summed E-state index contributed by atoms with van der Waals surface area (Å²) >= 11 is 5.98. The van der Waals surface area contributed by atoms with E-state index in [0.717, 1.165) is 5.56 Å². The minimum atomic E-state index is -0.207. The molecule has 0 saturated carbocycles. The fraction of sp³-hybridized carbons (Fsp3) is 0.0769. The molecule has 2 N–H and O–H groups in total. The predicted octanol–water partition coefficient (Wildman–Crippen LogP) is 3.33. The van der Waals surface area contributed by atoms with E-state index in [1.54, 1.807) is 12.1 Å². The Morgan fingerprint density at radius 1 is 1.00 bits per heavy atom. The maximum absolute atomic E-state index is 9.30. The van der Waals surface area contributed by atoms with Gasteiger partial charge in [0.15, 0.2) is 11.5 Å². The summed E-state index contributed by atoms with van der Waals surface area (Å²) in [6, 6.07) is 11.7. The van der Waals surface area contributed by atoms with E-state index >= 15 is 0 Å². The zero-order valence-electron chi connectivity index (χ0n) is 8.93. The highest BCUT2D eigenvalue weighted by molar-refractivity contribution is 6.31. The molecule has 0 heterocycles. The van der Waals surface area contributed by atoms with Gasteiger partial charge in [0.25, 0.3) is 0 Å². The first-order chi connectivity index (χ1) is 8.16. The van der Waals surface area contributed by atoms with Crippen molar-refractivity contribution in [2.75, 3.05) is 0 Å². The molecule has 3 nitrogen and oxygen atoms in total. The molecule has 0 aliphatic heterocycles. The van der Waals surface area contributed by atoms with Crippen LogP contribution >= 0.6 is 11.6 Å². The Hall–Kier alpha value is -1.87. The molecule has 0 atom stereocenters. The lowest BCUT2D eigenvalue weighted by atomic mass is 10.2. The van der Waals surface area contributed by atoms with E-state index in [9.17, 15) is 5.11 Å². The molecular weight excluding hydrogens is 240 g/mol. The number of ether oxygens (including phenoxy) is 1. The van der Waals surface area contributed by atoms with Gasteiger partial charge in [0.05, 0.1) is 0 Å². The maximum atomic E-state index is 9.30. The molecule has 0 saturated heterocycles. The van der Waals surface area contributed by atoms with E-state index in [4.69, 9.17) is 21.4 Å². The topological polar surface area (TPSA) is 49.7 Å². The Morgan fingerprint density at radius 3 is 2.47 bits per heavy atom. The van der Waals surface area contributed by atoms with Gasteiger partial charge in [-0.25, -0.2) is 0 Å². The van der Waals surface area contributed by atoms with Crippen LogP contribution in [0.1, 0.15) is 5.56 Å². The maximum Gasteiger partial charge on any atom is 0.161 e. The summed E-state index contributed by atoms with van der Waals surface area (Å²) in [4.78, 5) is 0. The van der Waals surface area contributed by atoms with Crippen molar-refractivity contribution in [3.63, 3.8) is 0 Å². The molecule has 0 aromatic heterocycles. The second-order valence-electron chi connectivity index (χ2n) is 3.53. The molecule has 0 aliphatic carbocycles. The molecule has 88 valence electrons. The fourth-order valence-corrected chi connectivity index (χ4v) is 1.56. The first-order valence-electron chi connectivity index (χ1n) is 5.05. The van der Waals surface area contributed by atoms with E-state index in [-0.39, 0.29) is 11.5 Å². The van der Waals surface area contributed by atoms with Crippen molar-refractivity contribution < 1.29 is 14.9 Å². The molecule has 0 fully saturated rings. The lowest BCUT2D eigenvalue weighted by Crippen LogP contribution is -1.95. The van der Waals surface area contributed by atoms with Crippen molar-refractivity contribution in [1.29, 1.82) is 0 Å². The molecular formula is C13H11ClO3. The van der Waals surface area contributed by atoms with Crippen molar-refractivity contribution >= 4 is 11.6 Å². The van der Waals surface area contributed by atoms with Gasteiger partial charge in [-0.2, -0.15) is 0 Å². The molecule has 4 heteroatoms. The van der Waals surface area contributed by atoms with Gasteiger partial charge in [0.2, 0.25) is 0 Å². The molecule has 2 aromatic carbocycles. The molecule has 2 aromatic rings. The van der Waals surface area contributed by atoms with Gasteiger partial charge in [-0.15, -0.1) is 0 Å². The standard InChI is InChI=1S/C13H11ClO3/c14-11-4-2-1-3-9(11)8-17-10-5-6-12(15)13(16)7-10/h1-7,15-16H,8H2. The van der Waals surface area contributed by atoms with Gasteiger partial charge in [-0.1, -0.05) is 29.8 Å². The first kappa shape index (κ1) is 11.6. The number of phenolic OH excluding ortho intramolecular Hbond substituents is 2. The molecule has 0 spiro atoms. The van der Waals surface area contributed by atoms with Gasteiger partial charge in [-0.05, 0) is 18.2 Å². The van der Waals surface area contributed by atoms with Crippen LogP contribution in [0.4, 0.5) is 0 Å². The van der Waals surface area contributed by atoms with E-state index in [1.165, 1.54) is 12.1 Å². The zero-order valence-corrected chi connectivity index (χ0v) is 9.69. The van der Waals surface area contributed by atoms with Crippen LogP contribution in [0.3, 0.4) is 0 Å². The van der Waals surface area contributed by atoms with Crippen LogP contribution < -0.4 is 4.74 Å². The number of halogens is 1. The molecule has 17 heavy (non-hydrogen) atoms. The average Bonchev–Trinajstić information content (AvgIpc) is 2.32. The Kier molecular flexibility index (Phi) is 3.40. The van der Waals surface area contributed by atoms with Crippen molar-refractivity contribution in [3.05, 3.63) is 53.1 Å². The van der Waals surface area contributed by atoms with Gasteiger partial charge in [0.1, 0.15) is 12.4 Å².